The van der Waals surface area contributed by atoms with Gasteiger partial charge in [0.2, 0.25) is 0 Å². The molecule has 0 saturated carbocycles. The molecule has 0 radical (unpaired) electrons. The highest BCUT2D eigenvalue weighted by molar-refractivity contribution is 5.80. The second-order valence-electron chi connectivity index (χ2n) is 6.78. The lowest BCUT2D eigenvalue weighted by atomic mass is 10.1. The molecule has 7 nitrogen and oxygen atoms in total. The maximum Gasteiger partial charge on any atom is 0.193 e. The molecule has 1 fully saturated rings. The third kappa shape index (κ3) is 4.80. The van der Waals surface area contributed by atoms with E-state index in [1.165, 1.54) is 5.56 Å². The number of aromatic nitrogens is 2. The van der Waals surface area contributed by atoms with Gasteiger partial charge in [0, 0.05) is 38.9 Å². The van der Waals surface area contributed by atoms with Crippen LogP contribution in [0.3, 0.4) is 0 Å². The standard InChI is InChI=1S/C20H29N5O2/c1-15-5-6-16(11-18(15)26-4)7-8-22-20(21-2)25-9-10-27-19(14-25)17-12-23-24(3)13-17/h5-6,11-13,19H,7-10,14H2,1-4H3,(H,21,22). The molecule has 2 heterocycles. The van der Waals surface area contributed by atoms with Gasteiger partial charge in [-0.2, -0.15) is 5.10 Å². The lowest BCUT2D eigenvalue weighted by Gasteiger charge is -2.34. The van der Waals surface area contributed by atoms with Gasteiger partial charge in [-0.05, 0) is 30.5 Å². The Morgan fingerprint density at radius 2 is 2.30 bits per heavy atom. The van der Waals surface area contributed by atoms with E-state index >= 15 is 0 Å². The molecular formula is C20H29N5O2. The Labute approximate surface area is 161 Å². The molecule has 1 unspecified atom stereocenters. The Balaban J connectivity index is 1.55. The quantitative estimate of drug-likeness (QED) is 0.643. The van der Waals surface area contributed by atoms with Crippen molar-refractivity contribution in [1.82, 2.24) is 20.0 Å². The van der Waals surface area contributed by atoms with Crippen LogP contribution < -0.4 is 10.1 Å². The summed E-state index contributed by atoms with van der Waals surface area (Å²) in [5.74, 6) is 1.84. The van der Waals surface area contributed by atoms with Gasteiger partial charge in [-0.1, -0.05) is 12.1 Å². The van der Waals surface area contributed by atoms with Crippen molar-refractivity contribution in [2.75, 3.05) is 40.4 Å². The summed E-state index contributed by atoms with van der Waals surface area (Å²) in [6.07, 6.45) is 4.81. The van der Waals surface area contributed by atoms with Crippen LogP contribution in [0.1, 0.15) is 22.8 Å². The van der Waals surface area contributed by atoms with Gasteiger partial charge in [-0.15, -0.1) is 0 Å². The highest BCUT2D eigenvalue weighted by Crippen LogP contribution is 2.22. The Morgan fingerprint density at radius 3 is 3.00 bits per heavy atom. The second kappa shape index (κ2) is 8.90. The predicted octanol–water partition coefficient (Wildman–Crippen LogP) is 1.93. The number of hydrogen-bond acceptors (Lipinski definition) is 4. The molecule has 2 aromatic rings. The molecule has 146 valence electrons. The minimum absolute atomic E-state index is 0.0207. The fourth-order valence-electron chi connectivity index (χ4n) is 3.32. The van der Waals surface area contributed by atoms with Crippen molar-refractivity contribution in [3.63, 3.8) is 0 Å². The maximum atomic E-state index is 5.92. The lowest BCUT2D eigenvalue weighted by Crippen LogP contribution is -2.48. The Bertz CT molecular complexity index is 786. The van der Waals surface area contributed by atoms with Crippen LogP contribution in [0.15, 0.2) is 35.6 Å². The van der Waals surface area contributed by atoms with Gasteiger partial charge in [-0.3, -0.25) is 9.67 Å². The van der Waals surface area contributed by atoms with Crippen LogP contribution >= 0.6 is 0 Å². The van der Waals surface area contributed by atoms with E-state index in [2.05, 4.69) is 45.4 Å². The number of nitrogens with one attached hydrogen (secondary N) is 1. The summed E-state index contributed by atoms with van der Waals surface area (Å²) >= 11 is 0. The highest BCUT2D eigenvalue weighted by Gasteiger charge is 2.25. The number of ether oxygens (including phenoxy) is 2. The number of morpholine rings is 1. The van der Waals surface area contributed by atoms with Crippen molar-refractivity contribution in [3.8, 4) is 5.75 Å². The number of benzene rings is 1. The van der Waals surface area contributed by atoms with Gasteiger partial charge in [0.15, 0.2) is 5.96 Å². The van der Waals surface area contributed by atoms with E-state index in [9.17, 15) is 0 Å². The van der Waals surface area contributed by atoms with Crippen molar-refractivity contribution >= 4 is 5.96 Å². The van der Waals surface area contributed by atoms with E-state index in [1.54, 1.807) is 11.8 Å². The molecule has 0 bridgehead atoms. The molecule has 27 heavy (non-hydrogen) atoms. The average molecular weight is 371 g/mol. The minimum Gasteiger partial charge on any atom is -0.496 e. The Hall–Kier alpha value is -2.54. The largest absolute Gasteiger partial charge is 0.496 e. The second-order valence-corrected chi connectivity index (χ2v) is 6.78. The molecule has 1 aromatic carbocycles. The van der Waals surface area contributed by atoms with Crippen molar-refractivity contribution in [2.24, 2.45) is 12.0 Å². The summed E-state index contributed by atoms with van der Waals surface area (Å²) in [6.45, 7) is 5.14. The number of rotatable bonds is 5. The number of aliphatic imine (C=N–C) groups is 1. The molecule has 1 saturated heterocycles. The van der Waals surface area contributed by atoms with Crippen molar-refractivity contribution in [3.05, 3.63) is 47.3 Å². The normalized spacial score (nSPS) is 17.9. The van der Waals surface area contributed by atoms with Crippen LogP contribution in [-0.4, -0.2) is 61.0 Å². The smallest absolute Gasteiger partial charge is 0.193 e. The van der Waals surface area contributed by atoms with Crippen LogP contribution in [0.4, 0.5) is 0 Å². The summed E-state index contributed by atoms with van der Waals surface area (Å²) < 4.78 is 13.1. The minimum atomic E-state index is 0.0207. The van der Waals surface area contributed by atoms with Crippen LogP contribution in [0.2, 0.25) is 0 Å². The zero-order valence-electron chi connectivity index (χ0n) is 16.6. The summed E-state index contributed by atoms with van der Waals surface area (Å²) in [4.78, 5) is 6.70. The number of aryl methyl sites for hydroxylation is 2. The average Bonchev–Trinajstić information content (AvgIpc) is 3.13. The first kappa shape index (κ1) is 19.2. The molecule has 0 aliphatic carbocycles. The van der Waals surface area contributed by atoms with Crippen LogP contribution in [0.25, 0.3) is 0 Å². The predicted molar refractivity (Wildman–Crippen MR) is 106 cm³/mol. The molecular weight excluding hydrogens is 342 g/mol. The zero-order valence-corrected chi connectivity index (χ0v) is 16.6. The fourth-order valence-corrected chi connectivity index (χ4v) is 3.32. The van der Waals surface area contributed by atoms with Crippen molar-refractivity contribution in [1.29, 1.82) is 0 Å². The summed E-state index contributed by atoms with van der Waals surface area (Å²) in [5.41, 5.74) is 3.50. The Morgan fingerprint density at radius 1 is 1.44 bits per heavy atom. The summed E-state index contributed by atoms with van der Waals surface area (Å²) in [6, 6.07) is 6.35. The molecule has 1 aliphatic heterocycles. The molecule has 1 N–H and O–H groups in total. The molecule has 1 aromatic heterocycles. The van der Waals surface area contributed by atoms with Gasteiger partial charge in [0.05, 0.1) is 26.5 Å². The zero-order chi connectivity index (χ0) is 19.2. The SMILES string of the molecule is CN=C(NCCc1ccc(C)c(OC)c1)N1CCOC(c2cnn(C)c2)C1. The van der Waals surface area contributed by atoms with Gasteiger partial charge < -0.3 is 19.7 Å². The fraction of sp³-hybridized carbons (Fsp3) is 0.500. The molecule has 1 aliphatic rings. The van der Waals surface area contributed by atoms with E-state index in [0.29, 0.717) is 6.61 Å². The molecule has 0 spiro atoms. The number of methoxy groups -OCH3 is 1. The van der Waals surface area contributed by atoms with E-state index < -0.39 is 0 Å². The van der Waals surface area contributed by atoms with E-state index in [4.69, 9.17) is 9.47 Å². The van der Waals surface area contributed by atoms with Gasteiger partial charge >= 0.3 is 0 Å². The highest BCUT2D eigenvalue weighted by atomic mass is 16.5. The molecule has 3 rings (SSSR count). The van der Waals surface area contributed by atoms with Crippen LogP contribution in [0, 0.1) is 6.92 Å². The van der Waals surface area contributed by atoms with E-state index in [1.807, 2.05) is 26.5 Å². The third-order valence-electron chi connectivity index (χ3n) is 4.84. The van der Waals surface area contributed by atoms with Crippen LogP contribution in [-0.2, 0) is 18.2 Å². The molecule has 1 atom stereocenters. The molecule has 0 amide bonds. The lowest BCUT2D eigenvalue weighted by molar-refractivity contribution is -0.00800. The Kier molecular flexibility index (Phi) is 6.34. The number of nitrogens with zero attached hydrogens (tertiary/aromatic N) is 4. The monoisotopic (exact) mass is 371 g/mol. The molecule has 7 heteroatoms. The number of guanidine groups is 1. The number of hydrogen-bond donors (Lipinski definition) is 1. The van der Waals surface area contributed by atoms with E-state index in [-0.39, 0.29) is 6.10 Å². The summed E-state index contributed by atoms with van der Waals surface area (Å²) in [7, 11) is 5.46. The van der Waals surface area contributed by atoms with Crippen LogP contribution in [0.5, 0.6) is 5.75 Å². The first-order chi connectivity index (χ1) is 13.1. The topological polar surface area (TPSA) is 63.9 Å². The first-order valence-corrected chi connectivity index (χ1v) is 9.30. The van der Waals surface area contributed by atoms with Crippen molar-refractivity contribution in [2.45, 2.75) is 19.4 Å². The van der Waals surface area contributed by atoms with Gasteiger partial charge in [0.25, 0.3) is 0 Å². The van der Waals surface area contributed by atoms with Gasteiger partial charge in [-0.25, -0.2) is 0 Å². The first-order valence-electron chi connectivity index (χ1n) is 9.30. The van der Waals surface area contributed by atoms with E-state index in [0.717, 1.165) is 48.9 Å². The third-order valence-corrected chi connectivity index (χ3v) is 4.84. The van der Waals surface area contributed by atoms with Crippen molar-refractivity contribution < 1.29 is 9.47 Å². The summed E-state index contributed by atoms with van der Waals surface area (Å²) in [5, 5.41) is 7.72. The maximum absolute atomic E-state index is 5.92. The van der Waals surface area contributed by atoms with Gasteiger partial charge in [0.1, 0.15) is 11.9 Å².